The van der Waals surface area contributed by atoms with E-state index in [0.717, 1.165) is 31.2 Å². The Balaban J connectivity index is 1.60. The first-order valence-electron chi connectivity index (χ1n) is 7.52. The Morgan fingerprint density at radius 2 is 1.89 bits per heavy atom. The van der Waals surface area contributed by atoms with E-state index in [-0.39, 0.29) is 6.10 Å². The molecule has 2 saturated heterocycles. The molecule has 2 atom stereocenters. The minimum atomic E-state index is -0.353. The summed E-state index contributed by atoms with van der Waals surface area (Å²) in [5, 5.41) is 10.3. The summed E-state index contributed by atoms with van der Waals surface area (Å²) in [4.78, 5) is 5.09. The molecule has 0 spiro atoms. The summed E-state index contributed by atoms with van der Waals surface area (Å²) in [6.45, 7) is 5.54. The van der Waals surface area contributed by atoms with Crippen LogP contribution in [-0.4, -0.2) is 53.7 Å². The summed E-state index contributed by atoms with van der Waals surface area (Å²) in [5.41, 5.74) is 1.04. The fourth-order valence-electron chi connectivity index (χ4n) is 3.47. The van der Waals surface area contributed by atoms with E-state index in [0.29, 0.717) is 0 Å². The lowest BCUT2D eigenvalue weighted by Crippen LogP contribution is -2.38. The molecule has 2 aliphatic rings. The number of benzene rings is 1. The molecular weight excluding hydrogens is 236 g/mol. The van der Waals surface area contributed by atoms with Gasteiger partial charge in [0.1, 0.15) is 0 Å². The highest BCUT2D eigenvalue weighted by Gasteiger charge is 2.29. The lowest BCUT2D eigenvalue weighted by atomic mass is 10.1. The summed E-state index contributed by atoms with van der Waals surface area (Å²) >= 11 is 0. The Morgan fingerprint density at radius 1 is 1.11 bits per heavy atom. The van der Waals surface area contributed by atoms with Gasteiger partial charge in [-0.3, -0.25) is 9.80 Å². The Hall–Kier alpha value is -0.900. The number of rotatable bonds is 3. The topological polar surface area (TPSA) is 26.7 Å². The van der Waals surface area contributed by atoms with Crippen LogP contribution in [0.3, 0.4) is 0 Å². The summed E-state index contributed by atoms with van der Waals surface area (Å²) < 4.78 is 0. The highest BCUT2D eigenvalue weighted by Crippen LogP contribution is 2.23. The van der Waals surface area contributed by atoms with E-state index in [1.807, 2.05) is 30.3 Å². The molecule has 0 aromatic heterocycles. The zero-order valence-corrected chi connectivity index (χ0v) is 11.5. The SMILES string of the molecule is OC(CN1CCCN2CCCC2C1)c1ccccc1. The molecule has 3 rings (SSSR count). The van der Waals surface area contributed by atoms with Gasteiger partial charge in [-0.1, -0.05) is 30.3 Å². The first-order chi connectivity index (χ1) is 9.33. The summed E-state index contributed by atoms with van der Waals surface area (Å²) in [5.74, 6) is 0. The van der Waals surface area contributed by atoms with Crippen molar-refractivity contribution in [2.45, 2.75) is 31.4 Å². The maximum absolute atomic E-state index is 10.3. The van der Waals surface area contributed by atoms with Crippen LogP contribution >= 0.6 is 0 Å². The van der Waals surface area contributed by atoms with Crippen molar-refractivity contribution in [3.05, 3.63) is 35.9 Å². The van der Waals surface area contributed by atoms with Gasteiger partial charge in [0.05, 0.1) is 6.10 Å². The second-order valence-corrected chi connectivity index (χ2v) is 5.87. The molecule has 0 radical (unpaired) electrons. The summed E-state index contributed by atoms with van der Waals surface area (Å²) in [6.07, 6.45) is 3.56. The standard InChI is InChI=1S/C16H24N2O/c19-16(14-6-2-1-3-7-14)13-17-9-5-11-18-10-4-8-15(18)12-17/h1-3,6-7,15-16,19H,4-5,8-13H2. The number of β-amino-alcohol motifs (C(OH)–C–C–N with tert-alkyl or cyclic N) is 1. The lowest BCUT2D eigenvalue weighted by Gasteiger charge is -2.27. The first kappa shape index (κ1) is 13.1. The second kappa shape index (κ2) is 6.04. The van der Waals surface area contributed by atoms with Gasteiger partial charge < -0.3 is 5.11 Å². The maximum atomic E-state index is 10.3. The molecule has 0 saturated carbocycles. The first-order valence-corrected chi connectivity index (χ1v) is 7.52. The van der Waals surface area contributed by atoms with Crippen molar-refractivity contribution in [2.24, 2.45) is 0 Å². The molecule has 2 heterocycles. The van der Waals surface area contributed by atoms with E-state index in [2.05, 4.69) is 9.80 Å². The van der Waals surface area contributed by atoms with Gasteiger partial charge in [-0.25, -0.2) is 0 Å². The third-order valence-electron chi connectivity index (χ3n) is 4.50. The van der Waals surface area contributed by atoms with Crippen LogP contribution in [0.1, 0.15) is 30.9 Å². The molecule has 1 aromatic carbocycles. The third kappa shape index (κ3) is 3.16. The van der Waals surface area contributed by atoms with Crippen LogP contribution in [0.25, 0.3) is 0 Å². The molecule has 19 heavy (non-hydrogen) atoms. The number of hydrogen-bond donors (Lipinski definition) is 1. The predicted octanol–water partition coefficient (Wildman–Crippen LogP) is 1.89. The number of aliphatic hydroxyl groups is 1. The van der Waals surface area contributed by atoms with E-state index in [9.17, 15) is 5.11 Å². The van der Waals surface area contributed by atoms with Crippen molar-refractivity contribution >= 4 is 0 Å². The molecule has 1 aromatic rings. The zero-order valence-electron chi connectivity index (χ0n) is 11.5. The molecule has 3 heteroatoms. The Bertz CT molecular complexity index is 395. The van der Waals surface area contributed by atoms with Crippen LogP contribution in [0.2, 0.25) is 0 Å². The quantitative estimate of drug-likeness (QED) is 0.899. The molecular formula is C16H24N2O. The predicted molar refractivity (Wildman–Crippen MR) is 77.1 cm³/mol. The molecule has 2 unspecified atom stereocenters. The lowest BCUT2D eigenvalue weighted by molar-refractivity contribution is 0.108. The minimum Gasteiger partial charge on any atom is -0.387 e. The summed E-state index contributed by atoms with van der Waals surface area (Å²) in [6, 6.07) is 10.8. The van der Waals surface area contributed by atoms with Crippen LogP contribution < -0.4 is 0 Å². The Labute approximate surface area is 115 Å². The zero-order chi connectivity index (χ0) is 13.1. The monoisotopic (exact) mass is 260 g/mol. The summed E-state index contributed by atoms with van der Waals surface area (Å²) in [7, 11) is 0. The van der Waals surface area contributed by atoms with Crippen molar-refractivity contribution in [1.82, 2.24) is 9.80 Å². The highest BCUT2D eigenvalue weighted by atomic mass is 16.3. The molecule has 2 aliphatic heterocycles. The second-order valence-electron chi connectivity index (χ2n) is 5.87. The van der Waals surface area contributed by atoms with Crippen molar-refractivity contribution in [2.75, 3.05) is 32.7 Å². The van der Waals surface area contributed by atoms with Crippen LogP contribution in [0.15, 0.2) is 30.3 Å². The van der Waals surface area contributed by atoms with Crippen LogP contribution in [0.4, 0.5) is 0 Å². The van der Waals surface area contributed by atoms with Gasteiger partial charge in [0.2, 0.25) is 0 Å². The number of fused-ring (bicyclic) bond motifs is 1. The van der Waals surface area contributed by atoms with E-state index >= 15 is 0 Å². The smallest absolute Gasteiger partial charge is 0.0916 e. The van der Waals surface area contributed by atoms with Gasteiger partial charge in [0.15, 0.2) is 0 Å². The Morgan fingerprint density at radius 3 is 2.74 bits per heavy atom. The van der Waals surface area contributed by atoms with Gasteiger partial charge in [-0.2, -0.15) is 0 Å². The van der Waals surface area contributed by atoms with Crippen molar-refractivity contribution < 1.29 is 5.11 Å². The molecule has 3 nitrogen and oxygen atoms in total. The molecule has 0 bridgehead atoms. The van der Waals surface area contributed by atoms with Crippen LogP contribution in [-0.2, 0) is 0 Å². The van der Waals surface area contributed by atoms with Gasteiger partial charge in [0.25, 0.3) is 0 Å². The third-order valence-corrected chi connectivity index (χ3v) is 4.50. The number of aliphatic hydroxyl groups excluding tert-OH is 1. The van der Waals surface area contributed by atoms with E-state index in [4.69, 9.17) is 0 Å². The molecule has 1 N–H and O–H groups in total. The molecule has 0 aliphatic carbocycles. The number of hydrogen-bond acceptors (Lipinski definition) is 3. The van der Waals surface area contributed by atoms with E-state index in [1.165, 1.54) is 32.4 Å². The Kier molecular flexibility index (Phi) is 4.16. The largest absolute Gasteiger partial charge is 0.387 e. The number of nitrogens with zero attached hydrogens (tertiary/aromatic N) is 2. The van der Waals surface area contributed by atoms with Crippen molar-refractivity contribution in [3.63, 3.8) is 0 Å². The van der Waals surface area contributed by atoms with E-state index < -0.39 is 0 Å². The average molecular weight is 260 g/mol. The normalized spacial score (nSPS) is 26.9. The van der Waals surface area contributed by atoms with Crippen LogP contribution in [0, 0.1) is 0 Å². The van der Waals surface area contributed by atoms with Gasteiger partial charge >= 0.3 is 0 Å². The minimum absolute atomic E-state index is 0.353. The highest BCUT2D eigenvalue weighted by molar-refractivity contribution is 5.17. The van der Waals surface area contributed by atoms with E-state index in [1.54, 1.807) is 0 Å². The van der Waals surface area contributed by atoms with Crippen molar-refractivity contribution in [1.29, 1.82) is 0 Å². The van der Waals surface area contributed by atoms with Gasteiger partial charge in [-0.15, -0.1) is 0 Å². The van der Waals surface area contributed by atoms with Crippen LogP contribution in [0.5, 0.6) is 0 Å². The van der Waals surface area contributed by atoms with Gasteiger partial charge in [-0.05, 0) is 44.5 Å². The van der Waals surface area contributed by atoms with Gasteiger partial charge in [0, 0.05) is 19.1 Å². The molecule has 104 valence electrons. The van der Waals surface area contributed by atoms with Crippen molar-refractivity contribution in [3.8, 4) is 0 Å². The fraction of sp³-hybridized carbons (Fsp3) is 0.625. The maximum Gasteiger partial charge on any atom is 0.0916 e. The average Bonchev–Trinajstić information content (AvgIpc) is 2.79. The fourth-order valence-corrected chi connectivity index (χ4v) is 3.47. The molecule has 0 amide bonds. The molecule has 2 fully saturated rings.